The fourth-order valence-corrected chi connectivity index (χ4v) is 4.67. The molecule has 0 aliphatic rings. The molecule has 4 heterocycles. The van der Waals surface area contributed by atoms with Gasteiger partial charge in [0.15, 0.2) is 0 Å². The maximum Gasteiger partial charge on any atom is 0.267 e. The van der Waals surface area contributed by atoms with Crippen LogP contribution in [0.15, 0.2) is 47.1 Å². The van der Waals surface area contributed by atoms with E-state index in [0.29, 0.717) is 34.3 Å². The first-order chi connectivity index (χ1) is 15.1. The SMILES string of the molecule is CC[C@H](Nc1ncnc2sccc12)c1nc2c(Cl)ccc(Cl)c2c(=O)n1-c1cn[nH]c1. The van der Waals surface area contributed by atoms with Gasteiger partial charge < -0.3 is 5.32 Å². The lowest BCUT2D eigenvalue weighted by atomic mass is 10.1. The molecule has 5 aromatic rings. The molecule has 0 saturated heterocycles. The van der Waals surface area contributed by atoms with Gasteiger partial charge in [0.25, 0.3) is 5.56 Å². The molecule has 2 N–H and O–H groups in total. The van der Waals surface area contributed by atoms with Gasteiger partial charge in [-0.05, 0) is 30.0 Å². The van der Waals surface area contributed by atoms with Crippen LogP contribution in [0.3, 0.4) is 0 Å². The molecule has 0 unspecified atom stereocenters. The van der Waals surface area contributed by atoms with Crippen LogP contribution in [0.5, 0.6) is 0 Å². The summed E-state index contributed by atoms with van der Waals surface area (Å²) in [4.78, 5) is 27.9. The lowest BCUT2D eigenvalue weighted by Crippen LogP contribution is -2.28. The molecule has 31 heavy (non-hydrogen) atoms. The Labute approximate surface area is 189 Å². The van der Waals surface area contributed by atoms with Crippen molar-refractivity contribution in [1.29, 1.82) is 0 Å². The number of hydrogen-bond donors (Lipinski definition) is 2. The molecule has 4 aromatic heterocycles. The molecule has 0 aliphatic carbocycles. The van der Waals surface area contributed by atoms with Gasteiger partial charge in [0.2, 0.25) is 0 Å². The summed E-state index contributed by atoms with van der Waals surface area (Å²) in [6.45, 7) is 2.00. The molecule has 0 bridgehead atoms. The van der Waals surface area contributed by atoms with E-state index in [2.05, 4.69) is 25.5 Å². The summed E-state index contributed by atoms with van der Waals surface area (Å²) >= 11 is 14.3. The van der Waals surface area contributed by atoms with Crippen LogP contribution in [0, 0.1) is 0 Å². The Morgan fingerprint density at radius 1 is 1.23 bits per heavy atom. The number of nitrogens with one attached hydrogen (secondary N) is 2. The normalized spacial score (nSPS) is 12.5. The van der Waals surface area contributed by atoms with Crippen molar-refractivity contribution in [2.24, 2.45) is 0 Å². The summed E-state index contributed by atoms with van der Waals surface area (Å²) in [6, 6.07) is 4.85. The van der Waals surface area contributed by atoms with Gasteiger partial charge in [-0.2, -0.15) is 5.10 Å². The quantitative estimate of drug-likeness (QED) is 0.374. The van der Waals surface area contributed by atoms with Crippen molar-refractivity contribution in [3.63, 3.8) is 0 Å². The second kappa shape index (κ2) is 7.92. The van der Waals surface area contributed by atoms with E-state index in [-0.39, 0.29) is 22.0 Å². The minimum absolute atomic E-state index is 0.260. The van der Waals surface area contributed by atoms with Crippen LogP contribution < -0.4 is 10.9 Å². The van der Waals surface area contributed by atoms with E-state index in [1.807, 2.05) is 18.4 Å². The van der Waals surface area contributed by atoms with Crippen molar-refractivity contribution in [3.05, 3.63) is 68.5 Å². The first-order valence-electron chi connectivity index (χ1n) is 9.43. The number of nitrogens with zero attached hydrogens (tertiary/aromatic N) is 5. The van der Waals surface area contributed by atoms with E-state index >= 15 is 0 Å². The van der Waals surface area contributed by atoms with Crippen LogP contribution in [0.2, 0.25) is 10.0 Å². The first-order valence-corrected chi connectivity index (χ1v) is 11.1. The number of halogens is 2. The highest BCUT2D eigenvalue weighted by Crippen LogP contribution is 2.31. The van der Waals surface area contributed by atoms with Crippen molar-refractivity contribution >= 4 is 61.5 Å². The zero-order valence-corrected chi connectivity index (χ0v) is 18.5. The van der Waals surface area contributed by atoms with Crippen molar-refractivity contribution in [3.8, 4) is 5.69 Å². The second-order valence-corrected chi connectivity index (χ2v) is 8.50. The molecule has 0 fully saturated rings. The van der Waals surface area contributed by atoms with E-state index in [1.165, 1.54) is 22.2 Å². The van der Waals surface area contributed by atoms with Gasteiger partial charge in [-0.3, -0.25) is 14.5 Å². The van der Waals surface area contributed by atoms with Gasteiger partial charge in [0.05, 0.1) is 44.3 Å². The Morgan fingerprint density at radius 2 is 2.06 bits per heavy atom. The maximum atomic E-state index is 13.6. The molecule has 0 aliphatic heterocycles. The van der Waals surface area contributed by atoms with Crippen molar-refractivity contribution < 1.29 is 0 Å². The molecule has 1 atom stereocenters. The molecule has 5 rings (SSSR count). The Morgan fingerprint density at radius 3 is 2.84 bits per heavy atom. The summed E-state index contributed by atoms with van der Waals surface area (Å²) in [5.74, 6) is 1.15. The van der Waals surface area contributed by atoms with Gasteiger partial charge in [0.1, 0.15) is 22.8 Å². The highest BCUT2D eigenvalue weighted by Gasteiger charge is 2.23. The Kier molecular flexibility index (Phi) is 5.09. The van der Waals surface area contributed by atoms with Crippen molar-refractivity contribution in [2.75, 3.05) is 5.32 Å². The number of benzene rings is 1. The summed E-state index contributed by atoms with van der Waals surface area (Å²) < 4.78 is 1.50. The van der Waals surface area contributed by atoms with E-state index in [9.17, 15) is 4.79 Å². The van der Waals surface area contributed by atoms with E-state index in [1.54, 1.807) is 24.5 Å². The minimum Gasteiger partial charge on any atom is -0.359 e. The first kappa shape index (κ1) is 19.9. The third-order valence-electron chi connectivity index (χ3n) is 4.98. The predicted octanol–water partition coefficient (Wildman–Crippen LogP) is 4.98. The van der Waals surface area contributed by atoms with Gasteiger partial charge in [0, 0.05) is 6.20 Å². The molecule has 0 radical (unpaired) electrons. The minimum atomic E-state index is -0.347. The molecule has 156 valence electrons. The van der Waals surface area contributed by atoms with Crippen LogP contribution in [0.4, 0.5) is 5.82 Å². The summed E-state index contributed by atoms with van der Waals surface area (Å²) in [6.07, 6.45) is 5.34. The average molecular weight is 472 g/mol. The number of rotatable bonds is 5. The Bertz CT molecular complexity index is 1460. The van der Waals surface area contributed by atoms with Gasteiger partial charge in [-0.15, -0.1) is 11.3 Å². The molecule has 1 aromatic carbocycles. The third-order valence-corrected chi connectivity index (χ3v) is 6.43. The largest absolute Gasteiger partial charge is 0.359 e. The van der Waals surface area contributed by atoms with Gasteiger partial charge >= 0.3 is 0 Å². The van der Waals surface area contributed by atoms with E-state index in [0.717, 1.165) is 10.2 Å². The molecule has 0 saturated carbocycles. The lowest BCUT2D eigenvalue weighted by molar-refractivity contribution is 0.659. The number of aromatic amines is 1. The monoisotopic (exact) mass is 471 g/mol. The molecule has 0 spiro atoms. The number of fused-ring (bicyclic) bond motifs is 2. The smallest absolute Gasteiger partial charge is 0.267 e. The Hall–Kier alpha value is -3.01. The fourth-order valence-electron chi connectivity index (χ4n) is 3.50. The average Bonchev–Trinajstić information content (AvgIpc) is 3.46. The Balaban J connectivity index is 1.76. The summed E-state index contributed by atoms with van der Waals surface area (Å²) in [5.41, 5.74) is 0.587. The summed E-state index contributed by atoms with van der Waals surface area (Å²) in [7, 11) is 0. The van der Waals surface area contributed by atoms with Gasteiger partial charge in [-0.1, -0.05) is 30.1 Å². The summed E-state index contributed by atoms with van der Waals surface area (Å²) in [5, 5.41) is 13.9. The zero-order valence-electron chi connectivity index (χ0n) is 16.1. The molecular formula is C20H15Cl2N7OS. The number of thiophene rings is 1. The number of H-pyrrole nitrogens is 1. The highest BCUT2D eigenvalue weighted by atomic mass is 35.5. The van der Waals surface area contributed by atoms with E-state index in [4.69, 9.17) is 28.2 Å². The maximum absolute atomic E-state index is 13.6. The van der Waals surface area contributed by atoms with E-state index < -0.39 is 0 Å². The van der Waals surface area contributed by atoms with Crippen LogP contribution in [-0.4, -0.2) is 29.7 Å². The zero-order chi connectivity index (χ0) is 21.5. The number of aromatic nitrogens is 6. The van der Waals surface area contributed by atoms with Gasteiger partial charge in [-0.25, -0.2) is 15.0 Å². The predicted molar refractivity (Wildman–Crippen MR) is 124 cm³/mol. The third kappa shape index (κ3) is 3.34. The van der Waals surface area contributed by atoms with Crippen LogP contribution in [-0.2, 0) is 0 Å². The van der Waals surface area contributed by atoms with Crippen LogP contribution in [0.25, 0.3) is 26.8 Å². The van der Waals surface area contributed by atoms with Crippen molar-refractivity contribution in [1.82, 2.24) is 29.7 Å². The fraction of sp³-hybridized carbons (Fsp3) is 0.150. The molecule has 8 nitrogen and oxygen atoms in total. The molecular weight excluding hydrogens is 457 g/mol. The topological polar surface area (TPSA) is 101 Å². The van der Waals surface area contributed by atoms with Crippen LogP contribution in [0.1, 0.15) is 25.2 Å². The number of hydrogen-bond acceptors (Lipinski definition) is 7. The second-order valence-electron chi connectivity index (χ2n) is 6.79. The van der Waals surface area contributed by atoms with Crippen LogP contribution >= 0.6 is 34.5 Å². The molecule has 11 heteroatoms. The lowest BCUT2D eigenvalue weighted by Gasteiger charge is -2.22. The molecule has 0 amide bonds. The standard InChI is InChI=1S/C20H15Cl2N7OS/c1-2-14(27-17-11-5-6-31-19(11)24-9-23-17)18-28-16-13(22)4-3-12(21)15(16)20(30)29(18)10-7-25-26-8-10/h3-9,14H,2H2,1H3,(H,25,26)(H,23,24,27)/t14-/m0/s1. The number of anilines is 1. The highest BCUT2D eigenvalue weighted by molar-refractivity contribution is 7.16. The van der Waals surface area contributed by atoms with Crippen molar-refractivity contribution in [2.45, 2.75) is 19.4 Å².